The maximum atomic E-state index is 15.2. The van der Waals surface area contributed by atoms with Crippen LogP contribution in [0, 0.1) is 29.5 Å². The number of hydrogen-bond acceptors (Lipinski definition) is 1. The van der Waals surface area contributed by atoms with Gasteiger partial charge in [-0.2, -0.15) is 13.2 Å². The first kappa shape index (κ1) is 27.0. The van der Waals surface area contributed by atoms with Crippen LogP contribution in [0.5, 0.6) is 5.75 Å². The number of unbranched alkanes of at least 4 members (excludes halogenated alkanes) is 1. The van der Waals surface area contributed by atoms with Crippen LogP contribution >= 0.6 is 0 Å². The minimum absolute atomic E-state index is 0.107. The summed E-state index contributed by atoms with van der Waals surface area (Å²) in [5.74, 6) is 7.21. The van der Waals surface area contributed by atoms with Gasteiger partial charge in [0.1, 0.15) is 11.6 Å². The highest BCUT2D eigenvalue weighted by molar-refractivity contribution is 5.85. The number of alkyl halides is 3. The number of hydrogen-bond donors (Lipinski definition) is 0. The van der Waals surface area contributed by atoms with E-state index in [-0.39, 0.29) is 17.1 Å². The third-order valence-corrected chi connectivity index (χ3v) is 7.39. The lowest BCUT2D eigenvalue weighted by Crippen LogP contribution is -2.19. The average molecular weight is 511 g/mol. The maximum absolute atomic E-state index is 15.2. The summed E-state index contributed by atoms with van der Waals surface area (Å²) < 4.78 is 56.7. The third-order valence-electron chi connectivity index (χ3n) is 7.39. The lowest BCUT2D eigenvalue weighted by Gasteiger charge is -2.28. The molecule has 0 unspecified atom stereocenters. The smallest absolute Gasteiger partial charge is 0.422 e. The number of rotatable bonds is 8. The molecule has 1 nitrogen and oxygen atoms in total. The molecule has 0 atom stereocenters. The molecule has 0 spiro atoms. The van der Waals surface area contributed by atoms with E-state index in [0.717, 1.165) is 23.6 Å². The molecule has 0 N–H and O–H groups in total. The molecule has 3 aromatic carbocycles. The highest BCUT2D eigenvalue weighted by atomic mass is 19.4. The zero-order chi connectivity index (χ0) is 26.3. The number of benzene rings is 3. The van der Waals surface area contributed by atoms with E-state index in [4.69, 9.17) is 4.74 Å². The lowest BCUT2D eigenvalue weighted by molar-refractivity contribution is -0.153. The second kappa shape index (κ2) is 12.5. The van der Waals surface area contributed by atoms with Gasteiger partial charge in [-0.25, -0.2) is 4.39 Å². The molecule has 0 aromatic heterocycles. The Hall–Kier alpha value is -3.00. The van der Waals surface area contributed by atoms with Gasteiger partial charge in [-0.1, -0.05) is 88.0 Å². The summed E-state index contributed by atoms with van der Waals surface area (Å²) in [6.45, 7) is 0.920. The Morgan fingerprint density at radius 2 is 1.57 bits per heavy atom. The fourth-order valence-corrected chi connectivity index (χ4v) is 5.20. The van der Waals surface area contributed by atoms with Crippen LogP contribution in [0.3, 0.4) is 0 Å². The van der Waals surface area contributed by atoms with Crippen molar-refractivity contribution in [1.29, 1.82) is 0 Å². The molecule has 1 aliphatic rings. The van der Waals surface area contributed by atoms with Gasteiger partial charge in [0.2, 0.25) is 0 Å². The Morgan fingerprint density at radius 3 is 2.24 bits per heavy atom. The molecule has 0 bridgehead atoms. The third kappa shape index (κ3) is 7.99. The topological polar surface area (TPSA) is 9.23 Å². The molecular formula is C32H34F4O. The van der Waals surface area contributed by atoms with Crippen molar-refractivity contribution in [3.8, 4) is 17.6 Å². The van der Waals surface area contributed by atoms with Crippen molar-refractivity contribution in [1.82, 2.24) is 0 Å². The van der Waals surface area contributed by atoms with E-state index in [1.54, 1.807) is 18.2 Å². The summed E-state index contributed by atoms with van der Waals surface area (Å²) in [5.41, 5.74) is 2.10. The van der Waals surface area contributed by atoms with Crippen LogP contribution in [0.15, 0.2) is 54.6 Å². The van der Waals surface area contributed by atoms with Crippen molar-refractivity contribution in [3.05, 3.63) is 77.1 Å². The molecule has 37 heavy (non-hydrogen) atoms. The first-order valence-corrected chi connectivity index (χ1v) is 13.3. The van der Waals surface area contributed by atoms with Gasteiger partial charge in [0.05, 0.1) is 5.56 Å². The van der Waals surface area contributed by atoms with Crippen molar-refractivity contribution >= 4 is 10.8 Å². The molecule has 0 aliphatic heterocycles. The van der Waals surface area contributed by atoms with Crippen LogP contribution in [0.4, 0.5) is 17.6 Å². The van der Waals surface area contributed by atoms with E-state index in [0.29, 0.717) is 10.9 Å². The molecule has 196 valence electrons. The standard InChI is InChI=1S/C32H34F4O/c1-2-3-4-23-5-7-24(8-6-23)9-10-26-14-20-30-28(21-26)17-16-27(31(30)33)15-11-25-12-18-29(19-13-25)37-22-32(34,35)36/h12-14,16-21,23-24H,2-10,22H2,1H3. The first-order valence-electron chi connectivity index (χ1n) is 13.3. The maximum Gasteiger partial charge on any atom is 0.422 e. The zero-order valence-electron chi connectivity index (χ0n) is 21.3. The van der Waals surface area contributed by atoms with Gasteiger partial charge in [-0.3, -0.25) is 0 Å². The molecule has 1 fully saturated rings. The lowest BCUT2D eigenvalue weighted by atomic mass is 9.78. The van der Waals surface area contributed by atoms with Crippen LogP contribution in [-0.4, -0.2) is 12.8 Å². The second-order valence-electron chi connectivity index (χ2n) is 10.2. The molecule has 0 amide bonds. The highest BCUT2D eigenvalue weighted by Crippen LogP contribution is 2.34. The van der Waals surface area contributed by atoms with Crippen LogP contribution in [0.2, 0.25) is 0 Å². The molecule has 1 aliphatic carbocycles. The SMILES string of the molecule is CCCCC1CCC(CCc2ccc3c(F)c(C#Cc4ccc(OCC(F)(F)F)cc4)ccc3c2)CC1. The summed E-state index contributed by atoms with van der Waals surface area (Å²) in [5, 5.41) is 1.41. The molecular weight excluding hydrogens is 476 g/mol. The van der Waals surface area contributed by atoms with Crippen molar-refractivity contribution in [2.45, 2.75) is 70.9 Å². The molecule has 3 aromatic rings. The molecule has 4 rings (SSSR count). The van der Waals surface area contributed by atoms with Crippen molar-refractivity contribution in [2.75, 3.05) is 6.61 Å². The average Bonchev–Trinajstić information content (AvgIpc) is 2.90. The fraction of sp³-hybridized carbons (Fsp3) is 0.438. The Bertz CT molecular complexity index is 1230. The summed E-state index contributed by atoms with van der Waals surface area (Å²) in [7, 11) is 0. The minimum Gasteiger partial charge on any atom is -0.484 e. The van der Waals surface area contributed by atoms with Gasteiger partial charge in [-0.15, -0.1) is 0 Å². The van der Waals surface area contributed by atoms with Gasteiger partial charge in [0, 0.05) is 10.9 Å². The number of halogens is 4. The number of fused-ring (bicyclic) bond motifs is 1. The van der Waals surface area contributed by atoms with Crippen LogP contribution in [-0.2, 0) is 6.42 Å². The van der Waals surface area contributed by atoms with Crippen molar-refractivity contribution in [2.24, 2.45) is 11.8 Å². The van der Waals surface area contributed by atoms with E-state index in [9.17, 15) is 13.2 Å². The largest absolute Gasteiger partial charge is 0.484 e. The summed E-state index contributed by atoms with van der Waals surface area (Å²) in [6, 6.07) is 15.5. The monoisotopic (exact) mass is 510 g/mol. The zero-order valence-corrected chi connectivity index (χ0v) is 21.3. The van der Waals surface area contributed by atoms with Gasteiger partial charge in [0.15, 0.2) is 6.61 Å². The van der Waals surface area contributed by atoms with E-state index in [2.05, 4.69) is 24.8 Å². The van der Waals surface area contributed by atoms with E-state index in [1.807, 2.05) is 18.2 Å². The molecule has 1 saturated carbocycles. The van der Waals surface area contributed by atoms with Crippen LogP contribution in [0.1, 0.15) is 75.0 Å². The predicted molar refractivity (Wildman–Crippen MR) is 141 cm³/mol. The van der Waals surface area contributed by atoms with E-state index < -0.39 is 12.8 Å². The Labute approximate surface area is 217 Å². The summed E-state index contributed by atoms with van der Waals surface area (Å²) >= 11 is 0. The first-order chi connectivity index (χ1) is 17.8. The minimum atomic E-state index is -4.39. The quantitative estimate of drug-likeness (QED) is 0.217. The molecule has 0 saturated heterocycles. The fourth-order valence-electron chi connectivity index (χ4n) is 5.20. The second-order valence-corrected chi connectivity index (χ2v) is 10.2. The van der Waals surface area contributed by atoms with Gasteiger partial charge < -0.3 is 4.74 Å². The highest BCUT2D eigenvalue weighted by Gasteiger charge is 2.28. The summed E-state index contributed by atoms with van der Waals surface area (Å²) in [4.78, 5) is 0. The summed E-state index contributed by atoms with van der Waals surface area (Å²) in [6.07, 6.45) is 7.26. The molecule has 0 heterocycles. The van der Waals surface area contributed by atoms with Gasteiger partial charge in [-0.05, 0) is 66.0 Å². The van der Waals surface area contributed by atoms with E-state index >= 15 is 4.39 Å². The normalized spacial score (nSPS) is 17.9. The van der Waals surface area contributed by atoms with Crippen LogP contribution < -0.4 is 4.74 Å². The number of ether oxygens (including phenoxy) is 1. The predicted octanol–water partition coefficient (Wildman–Crippen LogP) is 9.25. The molecule has 5 heteroatoms. The Kier molecular flexibility index (Phi) is 9.14. The van der Waals surface area contributed by atoms with Gasteiger partial charge in [0.25, 0.3) is 0 Å². The van der Waals surface area contributed by atoms with Crippen molar-refractivity contribution < 1.29 is 22.3 Å². The van der Waals surface area contributed by atoms with Gasteiger partial charge >= 0.3 is 6.18 Å². The molecule has 0 radical (unpaired) electrons. The number of aryl methyl sites for hydroxylation is 1. The van der Waals surface area contributed by atoms with E-state index in [1.165, 1.54) is 69.1 Å². The van der Waals surface area contributed by atoms with Crippen LogP contribution in [0.25, 0.3) is 10.8 Å². The van der Waals surface area contributed by atoms with Crippen molar-refractivity contribution in [3.63, 3.8) is 0 Å². The Morgan fingerprint density at radius 1 is 0.865 bits per heavy atom. The Balaban J connectivity index is 1.35.